The molecule has 0 rings (SSSR count). The van der Waals surface area contributed by atoms with Crippen LogP contribution in [0.2, 0.25) is 0 Å². The highest BCUT2D eigenvalue weighted by Crippen LogP contribution is 2.14. The Morgan fingerprint density at radius 1 is 0.378 bits per heavy atom. The van der Waals surface area contributed by atoms with Crippen molar-refractivity contribution in [1.29, 1.82) is 0 Å². The van der Waals surface area contributed by atoms with Crippen LogP contribution in [0.3, 0.4) is 0 Å². The molecular formula is C58H118Cl4N8O4. The number of hydrogen-bond donors (Lipinski definition) is 6. The number of carbonyl (C=O) groups is 4. The molecule has 12 nitrogen and oxygen atoms in total. The first-order chi connectivity index (χ1) is 34.2. The monoisotopic (exact) mass is 1130 g/mol. The molecule has 74 heavy (non-hydrogen) atoms. The third-order valence-electron chi connectivity index (χ3n) is 13.8. The maximum atomic E-state index is 13.7. The van der Waals surface area contributed by atoms with E-state index in [0.29, 0.717) is 65.0 Å². The summed E-state index contributed by atoms with van der Waals surface area (Å²) in [6, 6.07) is -0.531. The van der Waals surface area contributed by atoms with Crippen LogP contribution in [0.25, 0.3) is 0 Å². The highest BCUT2D eigenvalue weighted by Gasteiger charge is 2.19. The topological polar surface area (TPSA) is 209 Å². The molecule has 0 fully saturated rings. The smallest absolute Gasteiger partial charge is 0.278 e. The van der Waals surface area contributed by atoms with Gasteiger partial charge in [-0.15, -0.1) is 0 Å². The van der Waals surface area contributed by atoms with Gasteiger partial charge in [0.15, 0.2) is 12.1 Å². The van der Waals surface area contributed by atoms with Crippen molar-refractivity contribution >= 4 is 23.6 Å². The summed E-state index contributed by atoms with van der Waals surface area (Å²) in [4.78, 5) is 56.7. The first-order valence-electron chi connectivity index (χ1n) is 29.9. The molecule has 0 aliphatic heterocycles. The predicted molar refractivity (Wildman–Crippen MR) is 293 cm³/mol. The third-order valence-corrected chi connectivity index (χ3v) is 13.8. The van der Waals surface area contributed by atoms with E-state index in [2.05, 4.69) is 71.7 Å². The van der Waals surface area contributed by atoms with Gasteiger partial charge < -0.3 is 93.0 Å². The quantitative estimate of drug-likeness (QED) is 0.0272. The Balaban J connectivity index is -0.00000397. The van der Waals surface area contributed by atoms with Gasteiger partial charge in [-0.1, -0.05) is 141 Å². The molecule has 2 atom stereocenters. The third kappa shape index (κ3) is 53.7. The molecule has 0 bridgehead atoms. The molecule has 0 saturated heterocycles. The van der Waals surface area contributed by atoms with E-state index in [1.807, 2.05) is 9.80 Å². The van der Waals surface area contributed by atoms with Gasteiger partial charge in [0.25, 0.3) is 11.8 Å². The Morgan fingerprint density at radius 2 is 0.662 bits per heavy atom. The van der Waals surface area contributed by atoms with E-state index in [0.717, 1.165) is 116 Å². The van der Waals surface area contributed by atoms with Crippen molar-refractivity contribution in [1.82, 2.24) is 20.4 Å². The Labute approximate surface area is 479 Å². The minimum absolute atomic E-state index is 0. The van der Waals surface area contributed by atoms with Crippen LogP contribution in [0.5, 0.6) is 0 Å². The Morgan fingerprint density at radius 3 is 0.973 bits per heavy atom. The zero-order valence-corrected chi connectivity index (χ0v) is 50.9. The van der Waals surface area contributed by atoms with Crippen molar-refractivity contribution in [2.24, 2.45) is 0 Å². The molecule has 0 aromatic carbocycles. The van der Waals surface area contributed by atoms with Crippen molar-refractivity contribution in [3.8, 4) is 0 Å². The molecule has 0 saturated carbocycles. The number of rotatable bonds is 53. The second-order valence-corrected chi connectivity index (χ2v) is 20.5. The van der Waals surface area contributed by atoms with Crippen LogP contribution in [0, 0.1) is 0 Å². The van der Waals surface area contributed by atoms with Crippen molar-refractivity contribution in [2.45, 2.75) is 270 Å². The summed E-state index contributed by atoms with van der Waals surface area (Å²) < 4.78 is 0. The van der Waals surface area contributed by atoms with Crippen LogP contribution >= 0.6 is 0 Å². The second-order valence-electron chi connectivity index (χ2n) is 20.5. The highest BCUT2D eigenvalue weighted by molar-refractivity contribution is 5.80. The number of amides is 4. The van der Waals surface area contributed by atoms with Gasteiger partial charge in [0.1, 0.15) is 0 Å². The fourth-order valence-corrected chi connectivity index (χ4v) is 8.99. The SMILES string of the molecule is CCCCCCCC/C=C\CCCCCCCC(=O)N(CCCCN(CCCNC(=O)[C@@H]([NH3+])CCCC[NH3+])C(=O)CCCCCCC/C=C\CCCCCCCC)CCCNC(=O)[C@@H]([NH3+])CCCC[NH3+].[Cl-].[Cl-].[Cl-].[Cl-]. The van der Waals surface area contributed by atoms with Crippen molar-refractivity contribution in [3.63, 3.8) is 0 Å². The number of allylic oxidation sites excluding steroid dienone is 4. The summed E-state index contributed by atoms with van der Waals surface area (Å²) in [6.45, 7) is 9.83. The van der Waals surface area contributed by atoms with E-state index >= 15 is 0 Å². The maximum Gasteiger partial charge on any atom is 0.278 e. The van der Waals surface area contributed by atoms with Crippen LogP contribution in [-0.4, -0.2) is 97.9 Å². The van der Waals surface area contributed by atoms with Crippen molar-refractivity contribution in [2.75, 3.05) is 52.4 Å². The summed E-state index contributed by atoms with van der Waals surface area (Å²) in [5.41, 5.74) is 15.9. The summed E-state index contributed by atoms with van der Waals surface area (Å²) in [7, 11) is 0. The van der Waals surface area contributed by atoms with Gasteiger partial charge in [0.2, 0.25) is 11.8 Å². The number of unbranched alkanes of at least 4 members (excludes halogenated alkanes) is 25. The largest absolute Gasteiger partial charge is 1.00 e. The lowest BCUT2D eigenvalue weighted by Gasteiger charge is -2.26. The number of nitrogens with zero attached hydrogens (tertiary/aromatic N) is 2. The zero-order chi connectivity index (χ0) is 51.4. The van der Waals surface area contributed by atoms with Gasteiger partial charge in [-0.05, 0) is 116 Å². The standard InChI is InChI=1S/C58H114N8O4.4ClH/c1-3-5-7-9-11-13-15-17-19-21-23-25-27-29-31-43-55(67)65(51-39-47-63-57(69)53(61)41-33-35-45-59)49-37-38-50-66(52-40-48-64-58(70)54(62)42-34-36-46-60)56(68)44-32-30-28-26-24-22-20-18-16-14-12-10-8-6-4-2;;;;/h17-20,53-54H,3-16,21-52,59-62H2,1-2H3,(H,63,69)(H,64,70);4*1H/b19-17-,20-18-;;;;/t53-,54-;;;;/m0..../s1. The normalized spacial score (nSPS) is 11.8. The summed E-state index contributed by atoms with van der Waals surface area (Å²) in [5, 5.41) is 6.11. The summed E-state index contributed by atoms with van der Waals surface area (Å²) >= 11 is 0. The lowest BCUT2D eigenvalue weighted by atomic mass is 10.1. The average Bonchev–Trinajstić information content (AvgIpc) is 3.36. The minimum atomic E-state index is -0.265. The van der Waals surface area contributed by atoms with E-state index in [1.54, 1.807) is 0 Å². The van der Waals surface area contributed by atoms with Gasteiger partial charge in [-0.25, -0.2) is 0 Å². The lowest BCUT2D eigenvalue weighted by molar-refractivity contribution is -0.406. The number of hydrogen-bond acceptors (Lipinski definition) is 4. The molecule has 4 amide bonds. The molecule has 0 heterocycles. The maximum absolute atomic E-state index is 13.7. The van der Waals surface area contributed by atoms with Crippen LogP contribution in [0.1, 0.15) is 258 Å². The molecule has 0 aliphatic rings. The molecule has 0 aromatic rings. The Bertz CT molecular complexity index is 1190. The molecule has 14 N–H and O–H groups in total. The van der Waals surface area contributed by atoms with Gasteiger partial charge in [0.05, 0.1) is 13.1 Å². The number of carbonyl (C=O) groups excluding carboxylic acids is 4. The first kappa shape index (κ1) is 81.2. The van der Waals surface area contributed by atoms with Gasteiger partial charge in [-0.2, -0.15) is 0 Å². The molecule has 0 unspecified atom stereocenters. The van der Waals surface area contributed by atoms with Crippen LogP contribution < -0.4 is 83.2 Å². The van der Waals surface area contributed by atoms with E-state index in [1.165, 1.54) is 116 Å². The molecule has 0 radical (unpaired) electrons. The summed E-state index contributed by atoms with van der Waals surface area (Å²) in [6.07, 6.45) is 50.9. The molecule has 0 spiro atoms. The minimum Gasteiger partial charge on any atom is -1.00 e. The van der Waals surface area contributed by atoms with E-state index in [-0.39, 0.29) is 85.3 Å². The van der Waals surface area contributed by atoms with Gasteiger partial charge in [-0.3, -0.25) is 19.2 Å². The average molecular weight is 1130 g/mol. The predicted octanol–water partition coefficient (Wildman–Crippen LogP) is -3.43. The van der Waals surface area contributed by atoms with Crippen LogP contribution in [0.15, 0.2) is 24.3 Å². The van der Waals surface area contributed by atoms with E-state index in [9.17, 15) is 19.2 Å². The molecule has 442 valence electrons. The molecule has 0 aromatic heterocycles. The first-order valence-corrected chi connectivity index (χ1v) is 29.9. The summed E-state index contributed by atoms with van der Waals surface area (Å²) in [5.74, 6) is 0.347. The Kier molecular flexibility index (Phi) is 70.1. The van der Waals surface area contributed by atoms with E-state index < -0.39 is 0 Å². The van der Waals surface area contributed by atoms with Gasteiger partial charge >= 0.3 is 0 Å². The Hall–Kier alpha value is -1.64. The second kappa shape index (κ2) is 63.9. The number of nitrogens with one attached hydrogen (secondary N) is 2. The fraction of sp³-hybridized carbons (Fsp3) is 0.862. The van der Waals surface area contributed by atoms with Gasteiger partial charge in [0, 0.05) is 65.0 Å². The lowest BCUT2D eigenvalue weighted by Crippen LogP contribution is -3.00. The van der Waals surface area contributed by atoms with Crippen molar-refractivity contribution < 1.29 is 91.7 Å². The number of quaternary nitrogens is 4. The van der Waals surface area contributed by atoms with Crippen LogP contribution in [0.4, 0.5) is 0 Å². The van der Waals surface area contributed by atoms with E-state index in [4.69, 9.17) is 0 Å². The molecular weight excluding hydrogens is 1010 g/mol. The molecule has 16 heteroatoms. The van der Waals surface area contributed by atoms with Crippen LogP contribution in [-0.2, 0) is 19.2 Å². The fourth-order valence-electron chi connectivity index (χ4n) is 8.99. The van der Waals surface area contributed by atoms with Crippen molar-refractivity contribution in [3.05, 3.63) is 24.3 Å². The number of halogens is 4. The molecule has 0 aliphatic carbocycles. The highest BCUT2D eigenvalue weighted by atomic mass is 35.5. The zero-order valence-electron chi connectivity index (χ0n) is 47.9.